The normalized spacial score (nSPS) is 20.2. The fourth-order valence-corrected chi connectivity index (χ4v) is 4.16. The Kier molecular flexibility index (Phi) is 5.82. The fourth-order valence-electron chi connectivity index (χ4n) is 4.16. The summed E-state index contributed by atoms with van der Waals surface area (Å²) >= 11 is 0. The standard InChI is InChI=1S/C21H28N4O4/c1-16(17-6-4-3-5-7-17)12-25-15-21(28-20(25)26)8-10-24(11-9-21)13-19-22-18(14-27-2)23-29-19/h3-7,16H,8-15H2,1-2H3/t16-/m0/s1. The minimum atomic E-state index is -0.375. The number of likely N-dealkylation sites (tertiary alicyclic amines) is 1. The number of aromatic nitrogens is 2. The largest absolute Gasteiger partial charge is 0.441 e. The molecule has 29 heavy (non-hydrogen) atoms. The molecule has 0 unspecified atom stereocenters. The highest BCUT2D eigenvalue weighted by Gasteiger charge is 2.47. The molecule has 2 saturated heterocycles. The first-order chi connectivity index (χ1) is 14.1. The van der Waals surface area contributed by atoms with Gasteiger partial charge in [0.2, 0.25) is 5.89 Å². The highest BCUT2D eigenvalue weighted by molar-refractivity contribution is 5.70. The van der Waals surface area contributed by atoms with Crippen LogP contribution in [-0.2, 0) is 22.6 Å². The molecule has 0 N–H and O–H groups in total. The lowest BCUT2D eigenvalue weighted by molar-refractivity contribution is -0.00334. The average Bonchev–Trinajstić information content (AvgIpc) is 3.29. The third-order valence-electron chi connectivity index (χ3n) is 5.81. The molecule has 156 valence electrons. The Hall–Kier alpha value is -2.45. The van der Waals surface area contributed by atoms with Crippen molar-refractivity contribution >= 4 is 6.09 Å². The molecule has 2 aliphatic rings. The van der Waals surface area contributed by atoms with Crippen LogP contribution in [0.2, 0.25) is 0 Å². The van der Waals surface area contributed by atoms with E-state index in [9.17, 15) is 4.79 Å². The summed E-state index contributed by atoms with van der Waals surface area (Å²) in [5, 5.41) is 3.90. The van der Waals surface area contributed by atoms with E-state index in [-0.39, 0.29) is 17.6 Å². The second-order valence-electron chi connectivity index (χ2n) is 8.06. The van der Waals surface area contributed by atoms with Gasteiger partial charge in [-0.3, -0.25) is 4.90 Å². The van der Waals surface area contributed by atoms with Crippen molar-refractivity contribution in [2.45, 2.75) is 44.4 Å². The molecule has 2 aliphatic heterocycles. The van der Waals surface area contributed by atoms with Gasteiger partial charge in [-0.2, -0.15) is 4.98 Å². The van der Waals surface area contributed by atoms with E-state index in [1.165, 1.54) is 5.56 Å². The number of carbonyl (C=O) groups is 1. The van der Waals surface area contributed by atoms with E-state index >= 15 is 0 Å². The first-order valence-electron chi connectivity index (χ1n) is 10.1. The molecule has 2 fully saturated rings. The first-order valence-corrected chi connectivity index (χ1v) is 10.1. The average molecular weight is 400 g/mol. The van der Waals surface area contributed by atoms with Gasteiger partial charge in [-0.15, -0.1) is 0 Å². The lowest BCUT2D eigenvalue weighted by atomic mass is 9.91. The van der Waals surface area contributed by atoms with Crippen LogP contribution in [0.5, 0.6) is 0 Å². The van der Waals surface area contributed by atoms with Crippen LogP contribution in [0.3, 0.4) is 0 Å². The van der Waals surface area contributed by atoms with Crippen LogP contribution in [0.1, 0.15) is 43.0 Å². The van der Waals surface area contributed by atoms with Crippen molar-refractivity contribution in [3.63, 3.8) is 0 Å². The summed E-state index contributed by atoms with van der Waals surface area (Å²) in [5.41, 5.74) is 0.864. The SMILES string of the molecule is COCc1noc(CN2CCC3(CC2)CN(C[C@H](C)c2ccccc2)C(=O)O3)n1. The molecular formula is C21H28N4O4. The second kappa shape index (κ2) is 8.51. The van der Waals surface area contributed by atoms with Crippen LogP contribution in [-0.4, -0.2) is 64.9 Å². The monoisotopic (exact) mass is 400 g/mol. The van der Waals surface area contributed by atoms with Crippen LogP contribution in [0.4, 0.5) is 4.79 Å². The van der Waals surface area contributed by atoms with Crippen LogP contribution in [0, 0.1) is 0 Å². The molecule has 1 atom stereocenters. The van der Waals surface area contributed by atoms with Crippen molar-refractivity contribution in [1.82, 2.24) is 19.9 Å². The second-order valence-corrected chi connectivity index (χ2v) is 8.06. The van der Waals surface area contributed by atoms with E-state index in [1.54, 1.807) is 7.11 Å². The van der Waals surface area contributed by atoms with Crippen LogP contribution >= 0.6 is 0 Å². The third-order valence-corrected chi connectivity index (χ3v) is 5.81. The van der Waals surface area contributed by atoms with Gasteiger partial charge in [0.05, 0.1) is 13.1 Å². The van der Waals surface area contributed by atoms with Gasteiger partial charge >= 0.3 is 6.09 Å². The van der Waals surface area contributed by atoms with E-state index < -0.39 is 0 Å². The Bertz CT molecular complexity index is 817. The predicted octanol–water partition coefficient (Wildman–Crippen LogP) is 2.81. The van der Waals surface area contributed by atoms with Crippen molar-refractivity contribution in [2.24, 2.45) is 0 Å². The van der Waals surface area contributed by atoms with E-state index in [1.807, 2.05) is 23.1 Å². The Morgan fingerprint density at radius 1 is 1.24 bits per heavy atom. The van der Waals surface area contributed by atoms with E-state index in [4.69, 9.17) is 14.0 Å². The fraction of sp³-hybridized carbons (Fsp3) is 0.571. The van der Waals surface area contributed by atoms with Crippen molar-refractivity contribution in [3.8, 4) is 0 Å². The number of ether oxygens (including phenoxy) is 2. The molecule has 0 aliphatic carbocycles. The number of amides is 1. The molecule has 8 heteroatoms. The maximum Gasteiger partial charge on any atom is 0.410 e. The lowest BCUT2D eigenvalue weighted by Gasteiger charge is -2.36. The maximum atomic E-state index is 12.5. The number of methoxy groups -OCH3 is 1. The predicted molar refractivity (Wildman–Crippen MR) is 105 cm³/mol. The summed E-state index contributed by atoms with van der Waals surface area (Å²) in [6.07, 6.45) is 1.43. The molecular weight excluding hydrogens is 372 g/mol. The summed E-state index contributed by atoms with van der Waals surface area (Å²) in [4.78, 5) is 21.0. The summed E-state index contributed by atoms with van der Waals surface area (Å²) < 4.78 is 16.2. The number of nitrogens with zero attached hydrogens (tertiary/aromatic N) is 4. The van der Waals surface area contributed by atoms with Gasteiger partial charge in [-0.05, 0) is 11.5 Å². The number of benzene rings is 1. The molecule has 0 radical (unpaired) electrons. The number of carbonyl (C=O) groups excluding carboxylic acids is 1. The van der Waals surface area contributed by atoms with Gasteiger partial charge in [0.1, 0.15) is 12.2 Å². The minimum absolute atomic E-state index is 0.192. The van der Waals surface area contributed by atoms with Crippen molar-refractivity contribution in [3.05, 3.63) is 47.6 Å². The molecule has 0 saturated carbocycles. The number of piperidine rings is 1. The van der Waals surface area contributed by atoms with Gasteiger partial charge in [0.25, 0.3) is 0 Å². The smallest absolute Gasteiger partial charge is 0.410 e. The Balaban J connectivity index is 1.29. The first kappa shape index (κ1) is 19.8. The van der Waals surface area contributed by atoms with Gasteiger partial charge in [0, 0.05) is 39.6 Å². The number of rotatable bonds is 7. The minimum Gasteiger partial charge on any atom is -0.441 e. The van der Waals surface area contributed by atoms with E-state index in [0.717, 1.165) is 25.9 Å². The van der Waals surface area contributed by atoms with Crippen LogP contribution < -0.4 is 0 Å². The molecule has 0 bridgehead atoms. The van der Waals surface area contributed by atoms with Gasteiger partial charge in [-0.1, -0.05) is 42.4 Å². The molecule has 1 aromatic heterocycles. The zero-order chi connectivity index (χ0) is 20.3. The number of hydrogen-bond donors (Lipinski definition) is 0. The quantitative estimate of drug-likeness (QED) is 0.707. The van der Waals surface area contributed by atoms with Crippen LogP contribution in [0.15, 0.2) is 34.9 Å². The molecule has 4 rings (SSSR count). The maximum absolute atomic E-state index is 12.5. The summed E-state index contributed by atoms with van der Waals surface area (Å²) in [7, 11) is 1.60. The summed E-state index contributed by atoms with van der Waals surface area (Å²) in [5.74, 6) is 1.43. The topological polar surface area (TPSA) is 80.9 Å². The Labute approximate surface area is 170 Å². The molecule has 1 aromatic carbocycles. The van der Waals surface area contributed by atoms with Gasteiger partial charge < -0.3 is 18.9 Å². The number of hydrogen-bond acceptors (Lipinski definition) is 7. The zero-order valence-electron chi connectivity index (χ0n) is 17.0. The van der Waals surface area contributed by atoms with Crippen molar-refractivity contribution < 1.29 is 18.8 Å². The van der Waals surface area contributed by atoms with Gasteiger partial charge in [-0.25, -0.2) is 4.79 Å². The lowest BCUT2D eigenvalue weighted by Crippen LogP contribution is -2.46. The van der Waals surface area contributed by atoms with E-state index in [2.05, 4.69) is 34.1 Å². The Morgan fingerprint density at radius 3 is 2.72 bits per heavy atom. The molecule has 3 heterocycles. The van der Waals surface area contributed by atoms with Crippen molar-refractivity contribution in [1.29, 1.82) is 0 Å². The summed E-state index contributed by atoms with van der Waals surface area (Å²) in [6.45, 7) is 6.11. The molecule has 2 aromatic rings. The molecule has 8 nitrogen and oxygen atoms in total. The highest BCUT2D eigenvalue weighted by atomic mass is 16.6. The third kappa shape index (κ3) is 4.59. The molecule has 1 spiro atoms. The highest BCUT2D eigenvalue weighted by Crippen LogP contribution is 2.34. The zero-order valence-corrected chi connectivity index (χ0v) is 17.0. The Morgan fingerprint density at radius 2 is 2.00 bits per heavy atom. The van der Waals surface area contributed by atoms with E-state index in [0.29, 0.717) is 38.0 Å². The van der Waals surface area contributed by atoms with Gasteiger partial charge in [0.15, 0.2) is 5.82 Å². The molecule has 1 amide bonds. The van der Waals surface area contributed by atoms with Crippen LogP contribution in [0.25, 0.3) is 0 Å². The van der Waals surface area contributed by atoms with Crippen molar-refractivity contribution in [2.75, 3.05) is 33.3 Å². The summed E-state index contributed by atoms with van der Waals surface area (Å²) in [6, 6.07) is 10.3.